The van der Waals surface area contributed by atoms with E-state index in [4.69, 9.17) is 0 Å². The van der Waals surface area contributed by atoms with Crippen LogP contribution in [-0.2, 0) is 13.5 Å². The summed E-state index contributed by atoms with van der Waals surface area (Å²) in [7, 11) is 4.15. The van der Waals surface area contributed by atoms with Gasteiger partial charge in [0.1, 0.15) is 0 Å². The first kappa shape index (κ1) is 11.5. The topological polar surface area (TPSA) is 21.1 Å². The molecule has 0 aliphatic carbocycles. The molecule has 1 unspecified atom stereocenters. The van der Waals surface area contributed by atoms with Gasteiger partial charge in [-0.2, -0.15) is 5.10 Å². The molecule has 1 atom stereocenters. The number of rotatable bonds is 1. The molecular formula is C15H19N3. The van der Waals surface area contributed by atoms with E-state index < -0.39 is 0 Å². The molecular weight excluding hydrogens is 222 g/mol. The summed E-state index contributed by atoms with van der Waals surface area (Å²) in [6.07, 6.45) is 3.14. The van der Waals surface area contributed by atoms with Crippen LogP contribution in [0.25, 0.3) is 11.3 Å². The maximum absolute atomic E-state index is 4.48. The van der Waals surface area contributed by atoms with Crippen molar-refractivity contribution in [2.24, 2.45) is 7.05 Å². The SMILES string of the molecule is CC1c2cc(-c3ccn(C)n3)ccc2CCN1C. The smallest absolute Gasteiger partial charge is 0.0923 e. The molecule has 0 saturated heterocycles. The molecule has 2 aromatic rings. The summed E-state index contributed by atoms with van der Waals surface area (Å²) in [5.74, 6) is 0. The monoisotopic (exact) mass is 241 g/mol. The van der Waals surface area contributed by atoms with E-state index in [1.165, 1.54) is 16.7 Å². The van der Waals surface area contributed by atoms with Crippen LogP contribution in [0.1, 0.15) is 24.1 Å². The van der Waals surface area contributed by atoms with E-state index in [1.807, 2.05) is 17.9 Å². The van der Waals surface area contributed by atoms with Crippen LogP contribution >= 0.6 is 0 Å². The van der Waals surface area contributed by atoms with Gasteiger partial charge in [-0.1, -0.05) is 12.1 Å². The summed E-state index contributed by atoms with van der Waals surface area (Å²) in [6, 6.07) is 9.33. The summed E-state index contributed by atoms with van der Waals surface area (Å²) in [4.78, 5) is 2.41. The summed E-state index contributed by atoms with van der Waals surface area (Å²) < 4.78 is 1.85. The molecule has 1 aromatic carbocycles. The molecule has 0 radical (unpaired) electrons. The zero-order valence-electron chi connectivity index (χ0n) is 11.2. The van der Waals surface area contributed by atoms with E-state index in [2.05, 4.69) is 48.2 Å². The van der Waals surface area contributed by atoms with Gasteiger partial charge in [-0.3, -0.25) is 9.58 Å². The average molecular weight is 241 g/mol. The summed E-state index contributed by atoms with van der Waals surface area (Å²) in [5.41, 5.74) is 5.21. The third-order valence-electron chi connectivity index (χ3n) is 4.00. The van der Waals surface area contributed by atoms with Crippen molar-refractivity contribution in [3.8, 4) is 11.3 Å². The van der Waals surface area contributed by atoms with Gasteiger partial charge < -0.3 is 0 Å². The van der Waals surface area contributed by atoms with Crippen LogP contribution in [0, 0.1) is 0 Å². The first-order valence-corrected chi connectivity index (χ1v) is 6.48. The fourth-order valence-electron chi connectivity index (χ4n) is 2.67. The third kappa shape index (κ3) is 1.85. The highest BCUT2D eigenvalue weighted by Gasteiger charge is 2.21. The van der Waals surface area contributed by atoms with Gasteiger partial charge in [0, 0.05) is 31.4 Å². The van der Waals surface area contributed by atoms with Gasteiger partial charge in [0.25, 0.3) is 0 Å². The van der Waals surface area contributed by atoms with E-state index in [0.717, 1.165) is 18.7 Å². The Morgan fingerprint density at radius 3 is 2.78 bits per heavy atom. The van der Waals surface area contributed by atoms with Gasteiger partial charge in [0.15, 0.2) is 0 Å². The number of nitrogens with zero attached hydrogens (tertiary/aromatic N) is 3. The summed E-state index contributed by atoms with van der Waals surface area (Å²) in [5, 5.41) is 4.48. The first-order chi connectivity index (χ1) is 8.65. The van der Waals surface area contributed by atoms with Crippen molar-refractivity contribution < 1.29 is 0 Å². The second kappa shape index (κ2) is 4.25. The number of hydrogen-bond acceptors (Lipinski definition) is 2. The standard InChI is InChI=1S/C15H19N3/c1-11-14-10-13(15-7-9-18(3)16-15)5-4-12(14)6-8-17(11)2/h4-5,7,9-11H,6,8H2,1-3H3. The lowest BCUT2D eigenvalue weighted by Crippen LogP contribution is -2.30. The van der Waals surface area contributed by atoms with Crippen molar-refractivity contribution in [1.29, 1.82) is 0 Å². The van der Waals surface area contributed by atoms with Crippen molar-refractivity contribution >= 4 is 0 Å². The van der Waals surface area contributed by atoms with E-state index in [-0.39, 0.29) is 0 Å². The van der Waals surface area contributed by atoms with Gasteiger partial charge in [-0.15, -0.1) is 0 Å². The van der Waals surface area contributed by atoms with Crippen LogP contribution in [0.2, 0.25) is 0 Å². The van der Waals surface area contributed by atoms with E-state index >= 15 is 0 Å². The van der Waals surface area contributed by atoms with Crippen LogP contribution < -0.4 is 0 Å². The zero-order chi connectivity index (χ0) is 12.7. The Labute approximate surface area is 108 Å². The molecule has 3 nitrogen and oxygen atoms in total. The molecule has 3 heteroatoms. The molecule has 0 spiro atoms. The number of fused-ring (bicyclic) bond motifs is 1. The minimum Gasteiger partial charge on any atom is -0.299 e. The Bertz CT molecular complexity index is 571. The van der Waals surface area contributed by atoms with Crippen molar-refractivity contribution in [3.63, 3.8) is 0 Å². The molecule has 0 amide bonds. The van der Waals surface area contributed by atoms with Crippen LogP contribution in [0.5, 0.6) is 0 Å². The molecule has 2 heterocycles. The number of likely N-dealkylation sites (N-methyl/N-ethyl adjacent to an activating group) is 1. The van der Waals surface area contributed by atoms with Crippen molar-refractivity contribution in [3.05, 3.63) is 41.6 Å². The first-order valence-electron chi connectivity index (χ1n) is 6.48. The fourth-order valence-corrected chi connectivity index (χ4v) is 2.67. The molecule has 18 heavy (non-hydrogen) atoms. The van der Waals surface area contributed by atoms with E-state index in [1.54, 1.807) is 0 Å². The Balaban J connectivity index is 2.05. The normalized spacial score (nSPS) is 19.8. The zero-order valence-corrected chi connectivity index (χ0v) is 11.2. The van der Waals surface area contributed by atoms with Gasteiger partial charge in [0.2, 0.25) is 0 Å². The molecule has 1 aliphatic heterocycles. The van der Waals surface area contributed by atoms with Crippen molar-refractivity contribution in [2.75, 3.05) is 13.6 Å². The highest BCUT2D eigenvalue weighted by atomic mass is 15.2. The van der Waals surface area contributed by atoms with Crippen LogP contribution in [0.3, 0.4) is 0 Å². The van der Waals surface area contributed by atoms with Gasteiger partial charge in [-0.25, -0.2) is 0 Å². The highest BCUT2D eigenvalue weighted by Crippen LogP contribution is 2.31. The average Bonchev–Trinajstić information content (AvgIpc) is 2.80. The van der Waals surface area contributed by atoms with Crippen LogP contribution in [0.4, 0.5) is 0 Å². The largest absolute Gasteiger partial charge is 0.299 e. The number of benzene rings is 1. The quantitative estimate of drug-likeness (QED) is 0.765. The number of hydrogen-bond donors (Lipinski definition) is 0. The van der Waals surface area contributed by atoms with Gasteiger partial charge in [0.05, 0.1) is 5.69 Å². The molecule has 0 saturated carbocycles. The summed E-state index contributed by atoms with van der Waals surface area (Å²) in [6.45, 7) is 3.43. The maximum Gasteiger partial charge on any atom is 0.0923 e. The van der Waals surface area contributed by atoms with E-state index in [9.17, 15) is 0 Å². The Morgan fingerprint density at radius 2 is 2.06 bits per heavy atom. The molecule has 0 bridgehead atoms. The third-order valence-corrected chi connectivity index (χ3v) is 4.00. The molecule has 1 aromatic heterocycles. The molecule has 0 N–H and O–H groups in total. The molecule has 1 aliphatic rings. The predicted molar refractivity (Wildman–Crippen MR) is 73.4 cm³/mol. The number of aryl methyl sites for hydroxylation is 1. The lowest BCUT2D eigenvalue weighted by Gasteiger charge is -2.32. The number of aromatic nitrogens is 2. The van der Waals surface area contributed by atoms with Crippen molar-refractivity contribution in [1.82, 2.24) is 14.7 Å². The fraction of sp³-hybridized carbons (Fsp3) is 0.400. The lowest BCUT2D eigenvalue weighted by molar-refractivity contribution is 0.247. The minimum atomic E-state index is 0.498. The molecule has 3 rings (SSSR count). The van der Waals surface area contributed by atoms with Crippen molar-refractivity contribution in [2.45, 2.75) is 19.4 Å². The van der Waals surface area contributed by atoms with E-state index in [0.29, 0.717) is 6.04 Å². The van der Waals surface area contributed by atoms with Gasteiger partial charge >= 0.3 is 0 Å². The summed E-state index contributed by atoms with van der Waals surface area (Å²) >= 11 is 0. The minimum absolute atomic E-state index is 0.498. The predicted octanol–water partition coefficient (Wildman–Crippen LogP) is 2.64. The second-order valence-corrected chi connectivity index (χ2v) is 5.19. The van der Waals surface area contributed by atoms with Crippen LogP contribution in [-0.4, -0.2) is 28.3 Å². The lowest BCUT2D eigenvalue weighted by atomic mass is 9.91. The second-order valence-electron chi connectivity index (χ2n) is 5.19. The highest BCUT2D eigenvalue weighted by molar-refractivity contribution is 5.61. The maximum atomic E-state index is 4.48. The van der Waals surface area contributed by atoms with Gasteiger partial charge in [-0.05, 0) is 43.7 Å². The molecule has 0 fully saturated rings. The Kier molecular flexibility index (Phi) is 2.71. The Morgan fingerprint density at radius 1 is 1.22 bits per heavy atom. The Hall–Kier alpha value is -1.61. The molecule has 94 valence electrons. The van der Waals surface area contributed by atoms with Crippen LogP contribution in [0.15, 0.2) is 30.5 Å².